The molecule has 2 rings (SSSR count). The molecule has 1 aliphatic heterocycles. The van der Waals surface area contributed by atoms with Gasteiger partial charge in [-0.3, -0.25) is 4.90 Å². The number of hydrogen-bond donors (Lipinski definition) is 0. The summed E-state index contributed by atoms with van der Waals surface area (Å²) in [6.07, 6.45) is 0.479. The van der Waals surface area contributed by atoms with Crippen molar-refractivity contribution in [2.45, 2.75) is 19.4 Å². The van der Waals surface area contributed by atoms with Crippen LogP contribution in [0.5, 0.6) is 0 Å². The number of nitriles is 1. The molecule has 1 aromatic rings. The van der Waals surface area contributed by atoms with Gasteiger partial charge in [-0.1, -0.05) is 6.92 Å². The standard InChI is InChI=1S/C11H15N3OS/c1-2-14-5-6-15-10(7-14)11-13-9(3-4-12)8-16-11/h8,10H,2-3,5-7H2,1H3. The molecule has 0 spiro atoms. The van der Waals surface area contributed by atoms with Crippen molar-refractivity contribution in [3.63, 3.8) is 0 Å². The molecule has 1 aliphatic rings. The van der Waals surface area contributed by atoms with Crippen LogP contribution in [-0.4, -0.2) is 36.1 Å². The van der Waals surface area contributed by atoms with Crippen molar-refractivity contribution >= 4 is 11.3 Å². The number of hydrogen-bond acceptors (Lipinski definition) is 5. The average Bonchev–Trinajstić information content (AvgIpc) is 2.78. The van der Waals surface area contributed by atoms with Crippen LogP contribution < -0.4 is 0 Å². The highest BCUT2D eigenvalue weighted by Crippen LogP contribution is 2.25. The van der Waals surface area contributed by atoms with Gasteiger partial charge < -0.3 is 4.74 Å². The molecule has 1 fully saturated rings. The molecule has 0 aliphatic carbocycles. The van der Waals surface area contributed by atoms with Crippen molar-refractivity contribution in [3.05, 3.63) is 16.1 Å². The average molecular weight is 237 g/mol. The minimum atomic E-state index is 0.0890. The van der Waals surface area contributed by atoms with Crippen molar-refractivity contribution in [2.75, 3.05) is 26.2 Å². The van der Waals surface area contributed by atoms with Gasteiger partial charge >= 0.3 is 0 Å². The van der Waals surface area contributed by atoms with E-state index in [0.29, 0.717) is 6.42 Å². The highest BCUT2D eigenvalue weighted by Gasteiger charge is 2.23. The third-order valence-corrected chi connectivity index (χ3v) is 3.69. The lowest BCUT2D eigenvalue weighted by atomic mass is 10.3. The Labute approximate surface area is 99.5 Å². The summed E-state index contributed by atoms with van der Waals surface area (Å²) in [6, 6.07) is 2.11. The molecular formula is C11H15N3OS. The second-order valence-electron chi connectivity index (χ2n) is 3.76. The summed E-state index contributed by atoms with van der Waals surface area (Å²) in [5, 5.41) is 11.5. The first-order valence-electron chi connectivity index (χ1n) is 5.48. The smallest absolute Gasteiger partial charge is 0.123 e. The molecule has 1 saturated heterocycles. The summed E-state index contributed by atoms with van der Waals surface area (Å²) >= 11 is 1.59. The lowest BCUT2D eigenvalue weighted by Gasteiger charge is -2.30. The van der Waals surface area contributed by atoms with Gasteiger partial charge in [-0.2, -0.15) is 5.26 Å². The molecule has 0 aromatic carbocycles. The van der Waals surface area contributed by atoms with Gasteiger partial charge in [-0.05, 0) is 6.54 Å². The van der Waals surface area contributed by atoms with Crippen molar-refractivity contribution < 1.29 is 4.74 Å². The fourth-order valence-corrected chi connectivity index (χ4v) is 2.63. The Kier molecular flexibility index (Phi) is 3.88. The van der Waals surface area contributed by atoms with Gasteiger partial charge in [0.1, 0.15) is 11.1 Å². The Morgan fingerprint density at radius 3 is 3.38 bits per heavy atom. The highest BCUT2D eigenvalue weighted by molar-refractivity contribution is 7.09. The molecule has 16 heavy (non-hydrogen) atoms. The van der Waals surface area contributed by atoms with Gasteiger partial charge in [0.05, 0.1) is 24.8 Å². The van der Waals surface area contributed by atoms with Gasteiger partial charge in [0, 0.05) is 18.5 Å². The maximum atomic E-state index is 8.59. The Balaban J connectivity index is 2.02. The van der Waals surface area contributed by atoms with E-state index in [9.17, 15) is 0 Å². The molecule has 0 saturated carbocycles. The van der Waals surface area contributed by atoms with Gasteiger partial charge in [0.2, 0.25) is 0 Å². The fraction of sp³-hybridized carbons (Fsp3) is 0.636. The molecule has 0 bridgehead atoms. The lowest BCUT2D eigenvalue weighted by molar-refractivity contribution is -0.0282. The molecule has 1 atom stereocenters. The Hall–Kier alpha value is -0.960. The third kappa shape index (κ3) is 2.59. The first-order chi connectivity index (χ1) is 7.83. The zero-order chi connectivity index (χ0) is 11.4. The first-order valence-corrected chi connectivity index (χ1v) is 6.36. The Morgan fingerprint density at radius 1 is 1.75 bits per heavy atom. The van der Waals surface area contributed by atoms with Crippen LogP contribution in [0.4, 0.5) is 0 Å². The van der Waals surface area contributed by atoms with Crippen molar-refractivity contribution in [3.8, 4) is 6.07 Å². The van der Waals surface area contributed by atoms with E-state index < -0.39 is 0 Å². The van der Waals surface area contributed by atoms with E-state index >= 15 is 0 Å². The summed E-state index contributed by atoms with van der Waals surface area (Å²) in [5.74, 6) is 0. The van der Waals surface area contributed by atoms with Gasteiger partial charge in [-0.25, -0.2) is 4.98 Å². The predicted molar refractivity (Wildman–Crippen MR) is 62.2 cm³/mol. The van der Waals surface area contributed by atoms with Crippen molar-refractivity contribution in [1.82, 2.24) is 9.88 Å². The summed E-state index contributed by atoms with van der Waals surface area (Å²) in [4.78, 5) is 6.80. The summed E-state index contributed by atoms with van der Waals surface area (Å²) < 4.78 is 5.71. The van der Waals surface area contributed by atoms with Crippen LogP contribution in [0.3, 0.4) is 0 Å². The van der Waals surface area contributed by atoms with Crippen LogP contribution in [-0.2, 0) is 11.2 Å². The molecule has 1 unspecified atom stereocenters. The summed E-state index contributed by atoms with van der Waals surface area (Å²) in [5.41, 5.74) is 0.861. The molecule has 0 radical (unpaired) electrons. The normalized spacial score (nSPS) is 21.9. The molecule has 1 aromatic heterocycles. The minimum absolute atomic E-state index is 0.0890. The highest BCUT2D eigenvalue weighted by atomic mass is 32.1. The van der Waals surface area contributed by atoms with Crippen LogP contribution in [0.25, 0.3) is 0 Å². The topological polar surface area (TPSA) is 49.1 Å². The van der Waals surface area contributed by atoms with E-state index in [1.54, 1.807) is 11.3 Å². The van der Waals surface area contributed by atoms with Gasteiger partial charge in [0.25, 0.3) is 0 Å². The Bertz CT molecular complexity index is 385. The van der Waals surface area contributed by atoms with Crippen molar-refractivity contribution in [2.24, 2.45) is 0 Å². The minimum Gasteiger partial charge on any atom is -0.368 e. The number of likely N-dealkylation sites (N-methyl/N-ethyl adjacent to an activating group) is 1. The summed E-state index contributed by atoms with van der Waals surface area (Å²) in [7, 11) is 0. The van der Waals surface area contributed by atoms with Crippen LogP contribution in [0.15, 0.2) is 5.38 Å². The van der Waals surface area contributed by atoms with E-state index in [1.165, 1.54) is 0 Å². The molecule has 86 valence electrons. The second-order valence-corrected chi connectivity index (χ2v) is 4.65. The molecule has 4 nitrogen and oxygen atoms in total. The van der Waals surface area contributed by atoms with E-state index in [4.69, 9.17) is 10.00 Å². The zero-order valence-corrected chi connectivity index (χ0v) is 10.2. The molecule has 0 N–H and O–H groups in total. The van der Waals surface area contributed by atoms with Crippen LogP contribution >= 0.6 is 11.3 Å². The quantitative estimate of drug-likeness (QED) is 0.801. The number of nitrogens with zero attached hydrogens (tertiary/aromatic N) is 3. The van der Waals surface area contributed by atoms with Crippen LogP contribution in [0.1, 0.15) is 23.7 Å². The third-order valence-electron chi connectivity index (χ3n) is 2.70. The molecule has 5 heteroatoms. The summed E-state index contributed by atoms with van der Waals surface area (Å²) in [6.45, 7) is 5.90. The predicted octanol–water partition coefficient (Wildman–Crippen LogP) is 1.60. The van der Waals surface area contributed by atoms with E-state index in [1.807, 2.05) is 5.38 Å². The maximum Gasteiger partial charge on any atom is 0.123 e. The van der Waals surface area contributed by atoms with Gasteiger partial charge in [-0.15, -0.1) is 11.3 Å². The number of aromatic nitrogens is 1. The lowest BCUT2D eigenvalue weighted by Crippen LogP contribution is -2.38. The van der Waals surface area contributed by atoms with E-state index in [-0.39, 0.29) is 6.10 Å². The SMILES string of the molecule is CCN1CCOC(c2nc(CC#N)cs2)C1. The van der Waals surface area contributed by atoms with E-state index in [0.717, 1.165) is 36.9 Å². The zero-order valence-electron chi connectivity index (χ0n) is 9.35. The van der Waals surface area contributed by atoms with Gasteiger partial charge in [0.15, 0.2) is 0 Å². The largest absolute Gasteiger partial charge is 0.368 e. The molecule has 0 amide bonds. The first kappa shape index (κ1) is 11.5. The number of morpholine rings is 1. The number of rotatable bonds is 3. The molecule has 2 heterocycles. The molecular weight excluding hydrogens is 222 g/mol. The number of thiazole rings is 1. The second kappa shape index (κ2) is 5.39. The fourth-order valence-electron chi connectivity index (χ4n) is 1.77. The van der Waals surface area contributed by atoms with Crippen LogP contribution in [0.2, 0.25) is 0 Å². The van der Waals surface area contributed by atoms with E-state index in [2.05, 4.69) is 22.9 Å². The maximum absolute atomic E-state index is 8.59. The number of ether oxygens (including phenoxy) is 1. The van der Waals surface area contributed by atoms with Crippen molar-refractivity contribution in [1.29, 1.82) is 5.26 Å². The van der Waals surface area contributed by atoms with Crippen LogP contribution in [0, 0.1) is 11.3 Å². The monoisotopic (exact) mass is 237 g/mol. The Morgan fingerprint density at radius 2 is 2.62 bits per heavy atom.